The highest BCUT2D eigenvalue weighted by Crippen LogP contribution is 2.71. The molecule has 0 saturated heterocycles. The SMILES string of the molecule is Cc1sc(C(=O)CCc2ccc(OCCCO)cc2)c2c1[C@H]1[C@@H](C2)C1(C)C. The summed E-state index contributed by atoms with van der Waals surface area (Å²) in [6.07, 6.45) is 3.06. The number of aliphatic hydroxyl groups is 1. The number of aliphatic hydroxyl groups excluding tert-OH is 1. The van der Waals surface area contributed by atoms with Gasteiger partial charge in [0.05, 0.1) is 11.5 Å². The van der Waals surface area contributed by atoms with Gasteiger partial charge in [-0.3, -0.25) is 4.79 Å². The second kappa shape index (κ2) is 7.06. The second-order valence-corrected chi connectivity index (χ2v) is 9.71. The minimum atomic E-state index is 0.144. The lowest BCUT2D eigenvalue weighted by atomic mass is 9.94. The molecule has 1 heterocycles. The van der Waals surface area contributed by atoms with Crippen molar-refractivity contribution in [3.63, 3.8) is 0 Å². The maximum absolute atomic E-state index is 12.9. The second-order valence-electron chi connectivity index (χ2n) is 8.48. The zero-order valence-corrected chi connectivity index (χ0v) is 17.2. The molecule has 2 atom stereocenters. The van der Waals surface area contributed by atoms with Gasteiger partial charge in [-0.05, 0) is 65.8 Å². The van der Waals surface area contributed by atoms with Crippen molar-refractivity contribution in [1.29, 1.82) is 0 Å². The summed E-state index contributed by atoms with van der Waals surface area (Å²) in [4.78, 5) is 15.3. The van der Waals surface area contributed by atoms with E-state index in [0.29, 0.717) is 36.6 Å². The Labute approximate surface area is 165 Å². The van der Waals surface area contributed by atoms with Gasteiger partial charge in [-0.25, -0.2) is 0 Å². The third-order valence-electron chi connectivity index (χ3n) is 6.41. The quantitative estimate of drug-likeness (QED) is 0.518. The molecule has 1 N–H and O–H groups in total. The molecule has 3 nitrogen and oxygen atoms in total. The molecule has 1 saturated carbocycles. The van der Waals surface area contributed by atoms with Gasteiger partial charge in [0.15, 0.2) is 5.78 Å². The molecule has 2 aromatic rings. The molecule has 0 amide bonds. The largest absolute Gasteiger partial charge is 0.494 e. The van der Waals surface area contributed by atoms with E-state index in [0.717, 1.165) is 34.9 Å². The highest BCUT2D eigenvalue weighted by molar-refractivity contribution is 7.14. The fourth-order valence-corrected chi connectivity index (χ4v) is 5.93. The highest BCUT2D eigenvalue weighted by atomic mass is 32.1. The van der Waals surface area contributed by atoms with Crippen LogP contribution in [0.25, 0.3) is 0 Å². The fraction of sp³-hybridized carbons (Fsp3) is 0.522. The van der Waals surface area contributed by atoms with Gasteiger partial charge >= 0.3 is 0 Å². The fourth-order valence-electron chi connectivity index (χ4n) is 4.74. The maximum atomic E-state index is 12.9. The summed E-state index contributed by atoms with van der Waals surface area (Å²) in [7, 11) is 0. The van der Waals surface area contributed by atoms with Crippen LogP contribution in [0.1, 0.15) is 63.8 Å². The summed E-state index contributed by atoms with van der Waals surface area (Å²) < 4.78 is 5.56. The molecule has 0 radical (unpaired) electrons. The van der Waals surface area contributed by atoms with Crippen molar-refractivity contribution in [3.05, 3.63) is 50.7 Å². The maximum Gasteiger partial charge on any atom is 0.173 e. The van der Waals surface area contributed by atoms with E-state index in [-0.39, 0.29) is 6.61 Å². The van der Waals surface area contributed by atoms with Gasteiger partial charge in [0.2, 0.25) is 0 Å². The Hall–Kier alpha value is -1.65. The lowest BCUT2D eigenvalue weighted by molar-refractivity contribution is 0.0986. The van der Waals surface area contributed by atoms with Crippen molar-refractivity contribution in [2.24, 2.45) is 11.3 Å². The number of carbonyl (C=O) groups is 1. The lowest BCUT2D eigenvalue weighted by Gasteiger charge is -2.10. The first kappa shape index (κ1) is 18.7. The molecule has 0 unspecified atom stereocenters. The van der Waals surface area contributed by atoms with Crippen LogP contribution in [0.15, 0.2) is 24.3 Å². The number of benzene rings is 1. The van der Waals surface area contributed by atoms with Crippen LogP contribution in [0, 0.1) is 18.3 Å². The Morgan fingerprint density at radius 3 is 2.74 bits per heavy atom. The summed E-state index contributed by atoms with van der Waals surface area (Å²) in [5, 5.41) is 8.80. The highest BCUT2D eigenvalue weighted by Gasteiger charge is 2.63. The van der Waals surface area contributed by atoms with E-state index in [1.54, 1.807) is 11.3 Å². The van der Waals surface area contributed by atoms with Crippen LogP contribution in [-0.4, -0.2) is 24.1 Å². The van der Waals surface area contributed by atoms with Crippen molar-refractivity contribution < 1.29 is 14.6 Å². The molecule has 2 aliphatic carbocycles. The standard InChI is InChI=1S/C23H28O3S/c1-14-20-17(13-18-21(20)23(18,2)3)22(27-14)19(25)10-7-15-5-8-16(9-6-15)26-12-4-11-24/h5-6,8-9,18,21,24H,4,7,10-13H2,1-3H3/t18-,21-/m1/s1. The molecule has 0 spiro atoms. The third-order valence-corrected chi connectivity index (χ3v) is 7.61. The predicted octanol–water partition coefficient (Wildman–Crippen LogP) is 4.93. The predicted molar refractivity (Wildman–Crippen MR) is 109 cm³/mol. The summed E-state index contributed by atoms with van der Waals surface area (Å²) in [5.41, 5.74) is 4.46. The topological polar surface area (TPSA) is 46.5 Å². The molecule has 1 aromatic carbocycles. The van der Waals surface area contributed by atoms with Gasteiger partial charge in [0.1, 0.15) is 5.75 Å². The van der Waals surface area contributed by atoms with Crippen molar-refractivity contribution in [1.82, 2.24) is 0 Å². The van der Waals surface area contributed by atoms with E-state index < -0.39 is 0 Å². The number of carbonyl (C=O) groups excluding carboxylic acids is 1. The summed E-state index contributed by atoms with van der Waals surface area (Å²) >= 11 is 1.71. The van der Waals surface area contributed by atoms with Crippen molar-refractivity contribution in [3.8, 4) is 5.75 Å². The first-order valence-corrected chi connectivity index (χ1v) is 10.7. The number of fused-ring (bicyclic) bond motifs is 3. The monoisotopic (exact) mass is 384 g/mol. The summed E-state index contributed by atoms with van der Waals surface area (Å²) in [5.74, 6) is 2.54. The number of hydrogen-bond donors (Lipinski definition) is 1. The molecular formula is C23H28O3S. The molecule has 1 fully saturated rings. The average Bonchev–Trinajstić information content (AvgIpc) is 2.97. The van der Waals surface area contributed by atoms with Gasteiger partial charge < -0.3 is 9.84 Å². The minimum Gasteiger partial charge on any atom is -0.494 e. The molecule has 2 aliphatic rings. The van der Waals surface area contributed by atoms with Gasteiger partial charge in [0, 0.05) is 24.3 Å². The van der Waals surface area contributed by atoms with Crippen LogP contribution in [0.3, 0.4) is 0 Å². The summed E-state index contributed by atoms with van der Waals surface area (Å²) in [6.45, 7) is 7.58. The van der Waals surface area contributed by atoms with Gasteiger partial charge in [-0.2, -0.15) is 0 Å². The molecule has 4 heteroatoms. The van der Waals surface area contributed by atoms with E-state index >= 15 is 0 Å². The Balaban J connectivity index is 1.37. The number of ketones is 1. The van der Waals surface area contributed by atoms with Crippen LogP contribution < -0.4 is 4.74 Å². The third kappa shape index (κ3) is 3.34. The molecule has 0 bridgehead atoms. The Morgan fingerprint density at radius 1 is 1.30 bits per heavy atom. The number of hydrogen-bond acceptors (Lipinski definition) is 4. The smallest absolute Gasteiger partial charge is 0.173 e. The van der Waals surface area contributed by atoms with Crippen molar-refractivity contribution in [2.75, 3.05) is 13.2 Å². The van der Waals surface area contributed by atoms with E-state index in [2.05, 4.69) is 20.8 Å². The van der Waals surface area contributed by atoms with Crippen LogP contribution in [0.2, 0.25) is 0 Å². The van der Waals surface area contributed by atoms with E-state index in [1.807, 2.05) is 24.3 Å². The van der Waals surface area contributed by atoms with E-state index in [4.69, 9.17) is 9.84 Å². The Bertz CT molecular complexity index is 847. The van der Waals surface area contributed by atoms with Crippen molar-refractivity contribution in [2.45, 2.75) is 52.4 Å². The molecule has 27 heavy (non-hydrogen) atoms. The zero-order chi connectivity index (χ0) is 19.2. The van der Waals surface area contributed by atoms with Gasteiger partial charge in [0.25, 0.3) is 0 Å². The molecule has 1 aromatic heterocycles. The first-order chi connectivity index (χ1) is 12.9. The normalized spacial score (nSPS) is 21.6. The summed E-state index contributed by atoms with van der Waals surface area (Å²) in [6, 6.07) is 7.95. The Morgan fingerprint density at radius 2 is 2.04 bits per heavy atom. The number of thiophene rings is 1. The lowest BCUT2D eigenvalue weighted by Crippen LogP contribution is -2.05. The van der Waals surface area contributed by atoms with Crippen molar-refractivity contribution >= 4 is 17.1 Å². The number of rotatable bonds is 8. The van der Waals surface area contributed by atoms with Crippen LogP contribution >= 0.6 is 11.3 Å². The van der Waals surface area contributed by atoms with E-state index in [1.165, 1.54) is 16.0 Å². The molecule has 0 aliphatic heterocycles. The Kier molecular flexibility index (Phi) is 4.89. The molecule has 4 rings (SSSR count). The first-order valence-electron chi connectivity index (χ1n) is 9.91. The van der Waals surface area contributed by atoms with Crippen LogP contribution in [-0.2, 0) is 12.8 Å². The number of ether oxygens (including phenoxy) is 1. The van der Waals surface area contributed by atoms with Crippen LogP contribution in [0.4, 0.5) is 0 Å². The molecule has 144 valence electrons. The zero-order valence-electron chi connectivity index (χ0n) is 16.4. The van der Waals surface area contributed by atoms with Gasteiger partial charge in [-0.15, -0.1) is 11.3 Å². The number of aryl methyl sites for hydroxylation is 2. The average molecular weight is 385 g/mol. The van der Waals surface area contributed by atoms with Crippen LogP contribution in [0.5, 0.6) is 5.75 Å². The van der Waals surface area contributed by atoms with Gasteiger partial charge in [-0.1, -0.05) is 26.0 Å². The number of Topliss-reactive ketones (excluding diaryl/α,β-unsaturated/α-hetero) is 1. The minimum absolute atomic E-state index is 0.144. The molecular weight excluding hydrogens is 356 g/mol. The van der Waals surface area contributed by atoms with E-state index in [9.17, 15) is 4.79 Å².